The fraction of sp³-hybridized carbons (Fsp3) is 0.0667. The van der Waals surface area contributed by atoms with Crippen molar-refractivity contribution in [3.8, 4) is 11.6 Å². The minimum absolute atomic E-state index is 0.0886. The van der Waals surface area contributed by atoms with Crippen LogP contribution in [0.3, 0.4) is 0 Å². The molecule has 22 heavy (non-hydrogen) atoms. The Morgan fingerprint density at radius 1 is 1.23 bits per heavy atom. The van der Waals surface area contributed by atoms with Crippen molar-refractivity contribution in [3.63, 3.8) is 0 Å². The highest BCUT2D eigenvalue weighted by atomic mass is 35.5. The van der Waals surface area contributed by atoms with Crippen LogP contribution in [0.2, 0.25) is 15.2 Å². The van der Waals surface area contributed by atoms with Crippen molar-refractivity contribution < 1.29 is 14.3 Å². The molecule has 0 aliphatic carbocycles. The number of nitrogens with zero attached hydrogens (tertiary/aromatic N) is 1. The van der Waals surface area contributed by atoms with Crippen LogP contribution in [0.15, 0.2) is 43.0 Å². The van der Waals surface area contributed by atoms with Gasteiger partial charge in [-0.15, -0.1) is 0 Å². The number of pyridine rings is 1. The highest BCUT2D eigenvalue weighted by molar-refractivity contribution is 6.42. The predicted octanol–water partition coefficient (Wildman–Crippen LogP) is 4.71. The summed E-state index contributed by atoms with van der Waals surface area (Å²) in [4.78, 5) is 15.2. The van der Waals surface area contributed by atoms with Gasteiger partial charge in [0.15, 0.2) is 5.15 Å². The Labute approximate surface area is 142 Å². The summed E-state index contributed by atoms with van der Waals surface area (Å²) in [6, 6.07) is 8.35. The molecule has 0 unspecified atom stereocenters. The molecule has 0 radical (unpaired) electrons. The standard InChI is InChI=1S/C15H10Cl3NO3/c1-2-13(20)22-12-6-4-3-5-9(12)8-21-15-11(17)7-10(16)14(18)19-15/h2-7H,1,8H2. The number of carbonyl (C=O) groups is 1. The van der Waals surface area contributed by atoms with Crippen molar-refractivity contribution in [2.45, 2.75) is 6.61 Å². The summed E-state index contributed by atoms with van der Waals surface area (Å²) >= 11 is 17.6. The number of carbonyl (C=O) groups excluding carboxylic acids is 1. The highest BCUT2D eigenvalue weighted by Gasteiger charge is 2.11. The second-order valence-electron chi connectivity index (χ2n) is 4.07. The van der Waals surface area contributed by atoms with Crippen molar-refractivity contribution in [2.75, 3.05) is 0 Å². The first-order valence-corrected chi connectivity index (χ1v) is 7.21. The number of halogens is 3. The molecule has 2 aromatic rings. The SMILES string of the molecule is C=CC(=O)Oc1ccccc1COc1nc(Cl)c(Cl)cc1Cl. The van der Waals surface area contributed by atoms with Gasteiger partial charge in [-0.2, -0.15) is 4.98 Å². The van der Waals surface area contributed by atoms with Crippen LogP contribution in [0.25, 0.3) is 0 Å². The number of benzene rings is 1. The third kappa shape index (κ3) is 4.13. The van der Waals surface area contributed by atoms with Gasteiger partial charge in [-0.3, -0.25) is 0 Å². The number of aromatic nitrogens is 1. The van der Waals surface area contributed by atoms with Crippen LogP contribution in [0.1, 0.15) is 5.56 Å². The van der Waals surface area contributed by atoms with Gasteiger partial charge in [0.1, 0.15) is 17.4 Å². The molecule has 4 nitrogen and oxygen atoms in total. The second kappa shape index (κ2) is 7.49. The van der Waals surface area contributed by atoms with Crippen molar-refractivity contribution >= 4 is 40.8 Å². The average molecular weight is 359 g/mol. The fourth-order valence-corrected chi connectivity index (χ4v) is 2.09. The molecule has 0 saturated heterocycles. The maximum absolute atomic E-state index is 11.3. The number of ether oxygens (including phenoxy) is 2. The Hall–Kier alpha value is -1.75. The van der Waals surface area contributed by atoms with Crippen LogP contribution in [0, 0.1) is 0 Å². The van der Waals surface area contributed by atoms with Gasteiger partial charge in [-0.25, -0.2) is 4.79 Å². The van der Waals surface area contributed by atoms with Crippen molar-refractivity contribution in [1.29, 1.82) is 0 Å². The highest BCUT2D eigenvalue weighted by Crippen LogP contribution is 2.31. The fourth-order valence-electron chi connectivity index (χ4n) is 1.55. The summed E-state index contributed by atoms with van der Waals surface area (Å²) in [6.07, 6.45) is 1.08. The molecule has 114 valence electrons. The number of para-hydroxylation sites is 1. The summed E-state index contributed by atoms with van der Waals surface area (Å²) in [5, 5.41) is 0.557. The largest absolute Gasteiger partial charge is 0.472 e. The van der Waals surface area contributed by atoms with E-state index in [-0.39, 0.29) is 27.7 Å². The summed E-state index contributed by atoms with van der Waals surface area (Å²) < 4.78 is 10.6. The van der Waals surface area contributed by atoms with Crippen LogP contribution in [0.4, 0.5) is 0 Å². The normalized spacial score (nSPS) is 10.1. The zero-order valence-electron chi connectivity index (χ0n) is 11.2. The van der Waals surface area contributed by atoms with E-state index in [0.29, 0.717) is 11.3 Å². The minimum Gasteiger partial charge on any atom is -0.472 e. The van der Waals surface area contributed by atoms with E-state index in [9.17, 15) is 4.79 Å². The molecule has 0 atom stereocenters. The Morgan fingerprint density at radius 3 is 2.68 bits per heavy atom. The molecule has 1 heterocycles. The van der Waals surface area contributed by atoms with Crippen LogP contribution >= 0.6 is 34.8 Å². The maximum Gasteiger partial charge on any atom is 0.335 e. The van der Waals surface area contributed by atoms with E-state index in [4.69, 9.17) is 44.3 Å². The monoisotopic (exact) mass is 357 g/mol. The van der Waals surface area contributed by atoms with Gasteiger partial charge >= 0.3 is 5.97 Å². The van der Waals surface area contributed by atoms with Gasteiger partial charge in [0, 0.05) is 11.6 Å². The summed E-state index contributed by atoms with van der Waals surface area (Å²) in [5.74, 6) is -0.0531. The molecule has 2 rings (SSSR count). The van der Waals surface area contributed by atoms with Gasteiger partial charge in [-0.05, 0) is 12.1 Å². The molecule has 0 N–H and O–H groups in total. The molecule has 0 amide bonds. The lowest BCUT2D eigenvalue weighted by Crippen LogP contribution is -2.07. The Kier molecular flexibility index (Phi) is 5.66. The summed E-state index contributed by atoms with van der Waals surface area (Å²) in [6.45, 7) is 3.44. The third-order valence-corrected chi connectivity index (χ3v) is 3.51. The molecule has 1 aromatic heterocycles. The molecular formula is C15H10Cl3NO3. The molecule has 7 heteroatoms. The van der Waals surface area contributed by atoms with E-state index in [2.05, 4.69) is 11.6 Å². The summed E-state index contributed by atoms with van der Waals surface area (Å²) in [7, 11) is 0. The first-order valence-electron chi connectivity index (χ1n) is 6.07. The van der Waals surface area contributed by atoms with Crippen LogP contribution in [0.5, 0.6) is 11.6 Å². The minimum atomic E-state index is -0.557. The summed E-state index contributed by atoms with van der Waals surface area (Å²) in [5.41, 5.74) is 0.640. The maximum atomic E-state index is 11.3. The van der Waals surface area contributed by atoms with Crippen molar-refractivity contribution in [2.24, 2.45) is 0 Å². The Bertz CT molecular complexity index is 719. The van der Waals surface area contributed by atoms with E-state index in [1.54, 1.807) is 24.3 Å². The Morgan fingerprint density at radius 2 is 1.95 bits per heavy atom. The third-order valence-electron chi connectivity index (χ3n) is 2.57. The van der Waals surface area contributed by atoms with Crippen molar-refractivity contribution in [1.82, 2.24) is 4.98 Å². The van der Waals surface area contributed by atoms with E-state index >= 15 is 0 Å². The second-order valence-corrected chi connectivity index (χ2v) is 5.24. The molecule has 0 aliphatic rings. The lowest BCUT2D eigenvalue weighted by molar-refractivity contribution is -0.129. The lowest BCUT2D eigenvalue weighted by Gasteiger charge is -2.11. The van der Waals surface area contributed by atoms with E-state index in [1.807, 2.05) is 0 Å². The zero-order valence-corrected chi connectivity index (χ0v) is 13.5. The topological polar surface area (TPSA) is 48.4 Å². The lowest BCUT2D eigenvalue weighted by atomic mass is 10.2. The van der Waals surface area contributed by atoms with E-state index < -0.39 is 5.97 Å². The molecule has 0 aliphatic heterocycles. The quantitative estimate of drug-likeness (QED) is 0.336. The van der Waals surface area contributed by atoms with Gasteiger partial charge in [0.25, 0.3) is 0 Å². The first kappa shape index (κ1) is 16.6. The molecule has 1 aromatic carbocycles. The number of hydrogen-bond donors (Lipinski definition) is 0. The molecule has 0 spiro atoms. The molecule has 0 saturated carbocycles. The average Bonchev–Trinajstić information content (AvgIpc) is 2.50. The van der Waals surface area contributed by atoms with E-state index in [0.717, 1.165) is 6.08 Å². The van der Waals surface area contributed by atoms with Gasteiger partial charge in [-0.1, -0.05) is 59.6 Å². The van der Waals surface area contributed by atoms with Gasteiger partial charge < -0.3 is 9.47 Å². The predicted molar refractivity (Wildman–Crippen MR) is 85.9 cm³/mol. The van der Waals surface area contributed by atoms with Crippen LogP contribution in [-0.4, -0.2) is 11.0 Å². The Balaban J connectivity index is 2.17. The van der Waals surface area contributed by atoms with Crippen molar-refractivity contribution in [3.05, 3.63) is 63.7 Å². The van der Waals surface area contributed by atoms with Crippen LogP contribution < -0.4 is 9.47 Å². The zero-order chi connectivity index (χ0) is 16.1. The molecule has 0 bridgehead atoms. The molecular weight excluding hydrogens is 349 g/mol. The first-order chi connectivity index (χ1) is 10.5. The van der Waals surface area contributed by atoms with E-state index in [1.165, 1.54) is 6.07 Å². The number of rotatable bonds is 5. The van der Waals surface area contributed by atoms with Gasteiger partial charge in [0.2, 0.25) is 5.88 Å². The van der Waals surface area contributed by atoms with Gasteiger partial charge in [0.05, 0.1) is 5.02 Å². The molecule has 0 fully saturated rings. The number of hydrogen-bond acceptors (Lipinski definition) is 4. The smallest absolute Gasteiger partial charge is 0.335 e. The van der Waals surface area contributed by atoms with Crippen LogP contribution in [-0.2, 0) is 11.4 Å². The number of esters is 1.